The molecule has 3 aromatic heterocycles. The number of H-pyrrole nitrogens is 1. The molecule has 0 fully saturated rings. The molecule has 37 heavy (non-hydrogen) atoms. The molecular weight excluding hydrogens is 496 g/mol. The first kappa shape index (κ1) is 23.0. The van der Waals surface area contributed by atoms with Crippen LogP contribution in [0.25, 0.3) is 21.9 Å². The number of aromatic nitrogens is 1. The standard InChI is InChI=1S/C28H21ClN2O6/c1-14-22(18-7-3-4-8-19(18)30-14)24-23(26(33)28(34)31(24)13-17-6-5-9-36-17)25(32)20-11-15-10-16(29)12-21(35-2)27(15)37-20/h3-12,24,30,33H,13H2,1-2H3. The first-order valence-corrected chi connectivity index (χ1v) is 11.9. The fourth-order valence-corrected chi connectivity index (χ4v) is 5.27. The number of para-hydroxylation sites is 1. The van der Waals surface area contributed by atoms with Crippen molar-refractivity contribution in [3.05, 3.63) is 100.0 Å². The topological polar surface area (TPSA) is 109 Å². The molecule has 1 aliphatic rings. The van der Waals surface area contributed by atoms with Gasteiger partial charge in [-0.25, -0.2) is 0 Å². The molecule has 0 saturated heterocycles. The third-order valence-corrected chi connectivity index (χ3v) is 6.88. The Morgan fingerprint density at radius 2 is 2.00 bits per heavy atom. The maximum Gasteiger partial charge on any atom is 0.290 e. The molecule has 1 atom stereocenters. The predicted molar refractivity (Wildman–Crippen MR) is 137 cm³/mol. The lowest BCUT2D eigenvalue weighted by Gasteiger charge is -2.26. The van der Waals surface area contributed by atoms with Crippen molar-refractivity contribution in [2.24, 2.45) is 0 Å². The number of carbonyl (C=O) groups excluding carboxylic acids is 2. The quantitative estimate of drug-likeness (QED) is 0.258. The van der Waals surface area contributed by atoms with E-state index in [4.69, 9.17) is 25.2 Å². The first-order chi connectivity index (χ1) is 17.9. The summed E-state index contributed by atoms with van der Waals surface area (Å²) in [7, 11) is 1.47. The Bertz CT molecular complexity index is 1730. The van der Waals surface area contributed by atoms with E-state index in [2.05, 4.69) is 4.98 Å². The minimum Gasteiger partial charge on any atom is -0.503 e. The number of carbonyl (C=O) groups is 2. The van der Waals surface area contributed by atoms with Crippen LogP contribution in [0.4, 0.5) is 0 Å². The van der Waals surface area contributed by atoms with Gasteiger partial charge in [-0.05, 0) is 37.3 Å². The molecule has 186 valence electrons. The maximum absolute atomic E-state index is 14.0. The third-order valence-electron chi connectivity index (χ3n) is 6.66. The minimum atomic E-state index is -0.889. The van der Waals surface area contributed by atoms with Gasteiger partial charge in [-0.2, -0.15) is 0 Å². The predicted octanol–water partition coefficient (Wildman–Crippen LogP) is 6.26. The molecule has 9 heteroatoms. The number of halogens is 1. The Labute approximate surface area is 215 Å². The fraction of sp³-hybridized carbons (Fsp3) is 0.143. The molecule has 1 amide bonds. The van der Waals surface area contributed by atoms with Crippen LogP contribution in [-0.4, -0.2) is 33.8 Å². The molecule has 4 heterocycles. The van der Waals surface area contributed by atoms with Crippen LogP contribution in [0, 0.1) is 6.92 Å². The molecule has 1 aliphatic heterocycles. The van der Waals surface area contributed by atoms with Crippen molar-refractivity contribution in [2.45, 2.75) is 19.5 Å². The highest BCUT2D eigenvalue weighted by Crippen LogP contribution is 2.44. The number of amides is 1. The molecule has 6 rings (SSSR count). The van der Waals surface area contributed by atoms with Crippen molar-refractivity contribution in [2.75, 3.05) is 7.11 Å². The Morgan fingerprint density at radius 3 is 2.76 bits per heavy atom. The van der Waals surface area contributed by atoms with E-state index in [-0.39, 0.29) is 17.9 Å². The van der Waals surface area contributed by atoms with Gasteiger partial charge in [0.1, 0.15) is 5.76 Å². The highest BCUT2D eigenvalue weighted by molar-refractivity contribution is 6.31. The number of furan rings is 2. The van der Waals surface area contributed by atoms with Gasteiger partial charge in [0.15, 0.2) is 22.9 Å². The van der Waals surface area contributed by atoms with E-state index in [9.17, 15) is 14.7 Å². The van der Waals surface area contributed by atoms with Crippen LogP contribution in [0.2, 0.25) is 5.02 Å². The van der Waals surface area contributed by atoms with Gasteiger partial charge in [0.2, 0.25) is 5.78 Å². The number of ketones is 1. The van der Waals surface area contributed by atoms with Crippen molar-refractivity contribution < 1.29 is 28.3 Å². The lowest BCUT2D eigenvalue weighted by molar-refractivity contribution is -0.130. The van der Waals surface area contributed by atoms with Crippen molar-refractivity contribution >= 4 is 45.2 Å². The van der Waals surface area contributed by atoms with Crippen molar-refractivity contribution in [3.8, 4) is 5.75 Å². The molecule has 0 aliphatic carbocycles. The number of aliphatic hydroxyl groups excluding tert-OH is 1. The second-order valence-corrected chi connectivity index (χ2v) is 9.29. The normalized spacial score (nSPS) is 15.9. The summed E-state index contributed by atoms with van der Waals surface area (Å²) in [5.41, 5.74) is 2.59. The zero-order chi connectivity index (χ0) is 25.8. The summed E-state index contributed by atoms with van der Waals surface area (Å²) in [5.74, 6) is -1.09. The summed E-state index contributed by atoms with van der Waals surface area (Å²) < 4.78 is 16.7. The van der Waals surface area contributed by atoms with Crippen molar-refractivity contribution in [1.82, 2.24) is 9.88 Å². The van der Waals surface area contributed by atoms with Crippen LogP contribution >= 0.6 is 11.6 Å². The molecule has 0 saturated carbocycles. The number of methoxy groups -OCH3 is 1. The van der Waals surface area contributed by atoms with E-state index >= 15 is 0 Å². The number of ether oxygens (including phenoxy) is 1. The molecule has 0 radical (unpaired) electrons. The number of fused-ring (bicyclic) bond motifs is 2. The number of benzene rings is 2. The Morgan fingerprint density at radius 1 is 1.19 bits per heavy atom. The number of aryl methyl sites for hydroxylation is 1. The molecule has 0 bridgehead atoms. The van der Waals surface area contributed by atoms with E-state index < -0.39 is 23.5 Å². The molecular formula is C28H21ClN2O6. The monoisotopic (exact) mass is 516 g/mol. The number of hydrogen-bond acceptors (Lipinski definition) is 6. The number of nitrogens with one attached hydrogen (secondary N) is 1. The van der Waals surface area contributed by atoms with Gasteiger partial charge < -0.3 is 28.6 Å². The van der Waals surface area contributed by atoms with Gasteiger partial charge in [0, 0.05) is 38.6 Å². The Hall–Kier alpha value is -4.43. The Kier molecular flexibility index (Phi) is 5.35. The van der Waals surface area contributed by atoms with Crippen LogP contribution in [-0.2, 0) is 11.3 Å². The average Bonchev–Trinajstić information content (AvgIpc) is 3.66. The zero-order valence-corrected chi connectivity index (χ0v) is 20.6. The summed E-state index contributed by atoms with van der Waals surface area (Å²) in [6.45, 7) is 1.93. The van der Waals surface area contributed by atoms with E-state index in [1.165, 1.54) is 24.3 Å². The molecule has 2 aromatic carbocycles. The first-order valence-electron chi connectivity index (χ1n) is 11.5. The van der Waals surface area contributed by atoms with Crippen LogP contribution in [0.3, 0.4) is 0 Å². The van der Waals surface area contributed by atoms with Crippen LogP contribution in [0.15, 0.2) is 81.0 Å². The molecule has 8 nitrogen and oxygen atoms in total. The van der Waals surface area contributed by atoms with Crippen LogP contribution in [0.1, 0.15) is 33.6 Å². The van der Waals surface area contributed by atoms with Gasteiger partial charge in [-0.15, -0.1) is 0 Å². The van der Waals surface area contributed by atoms with E-state index in [1.54, 1.807) is 24.3 Å². The number of aliphatic hydroxyl groups is 1. The minimum absolute atomic E-state index is 0.0488. The molecule has 0 spiro atoms. The van der Waals surface area contributed by atoms with Crippen molar-refractivity contribution in [3.63, 3.8) is 0 Å². The summed E-state index contributed by atoms with van der Waals surface area (Å²) in [6, 6.07) is 14.9. The second-order valence-electron chi connectivity index (χ2n) is 8.85. The number of nitrogens with zero attached hydrogens (tertiary/aromatic N) is 1. The maximum atomic E-state index is 14.0. The molecule has 1 unspecified atom stereocenters. The summed E-state index contributed by atoms with van der Waals surface area (Å²) >= 11 is 6.19. The smallest absolute Gasteiger partial charge is 0.290 e. The van der Waals surface area contributed by atoms with E-state index in [0.29, 0.717) is 33.1 Å². The fourth-order valence-electron chi connectivity index (χ4n) is 5.05. The van der Waals surface area contributed by atoms with Gasteiger partial charge in [-0.3, -0.25) is 9.59 Å². The average molecular weight is 517 g/mol. The van der Waals surface area contributed by atoms with Gasteiger partial charge in [-0.1, -0.05) is 29.8 Å². The number of aromatic amines is 1. The van der Waals surface area contributed by atoms with E-state index in [0.717, 1.165) is 16.6 Å². The van der Waals surface area contributed by atoms with Gasteiger partial charge in [0.25, 0.3) is 5.91 Å². The highest BCUT2D eigenvalue weighted by atomic mass is 35.5. The SMILES string of the molecule is COc1cc(Cl)cc2cc(C(=O)C3=C(O)C(=O)N(Cc4ccco4)C3c3c(C)[nH]c4ccccc34)oc12. The number of hydrogen-bond donors (Lipinski definition) is 2. The van der Waals surface area contributed by atoms with Crippen LogP contribution < -0.4 is 4.74 Å². The number of Topliss-reactive ketones (excluding diaryl/α,β-unsaturated/α-hetero) is 1. The molecule has 2 N–H and O–H groups in total. The lowest BCUT2D eigenvalue weighted by atomic mass is 9.93. The van der Waals surface area contributed by atoms with Crippen LogP contribution in [0.5, 0.6) is 5.75 Å². The summed E-state index contributed by atoms with van der Waals surface area (Å²) in [4.78, 5) is 32.1. The Balaban J connectivity index is 1.53. The van der Waals surface area contributed by atoms with Gasteiger partial charge >= 0.3 is 0 Å². The van der Waals surface area contributed by atoms with Gasteiger partial charge in [0.05, 0.1) is 31.5 Å². The third kappa shape index (κ3) is 3.60. The van der Waals surface area contributed by atoms with E-state index in [1.807, 2.05) is 31.2 Å². The van der Waals surface area contributed by atoms with Crippen molar-refractivity contribution in [1.29, 1.82) is 0 Å². The lowest BCUT2D eigenvalue weighted by Crippen LogP contribution is -2.30. The summed E-state index contributed by atoms with van der Waals surface area (Å²) in [5, 5.41) is 12.9. The second kappa shape index (κ2) is 8.60. The number of rotatable bonds is 6. The highest BCUT2D eigenvalue weighted by Gasteiger charge is 2.46. The zero-order valence-electron chi connectivity index (χ0n) is 19.9. The molecule has 5 aromatic rings. The largest absolute Gasteiger partial charge is 0.503 e. The summed E-state index contributed by atoms with van der Waals surface area (Å²) in [6.07, 6.45) is 1.51.